The molecule has 2 aliphatic heterocycles. The third kappa shape index (κ3) is 2.54. The Morgan fingerprint density at radius 1 is 0.913 bits per heavy atom. The normalized spacial score (nSPS) is 23.4. The summed E-state index contributed by atoms with van der Waals surface area (Å²) in [6, 6.07) is 4.32. The van der Waals surface area contributed by atoms with Crippen molar-refractivity contribution in [3.05, 3.63) is 41.6 Å². The van der Waals surface area contributed by atoms with Crippen LogP contribution in [0, 0.1) is 32.6 Å². The summed E-state index contributed by atoms with van der Waals surface area (Å²) in [5.41, 5.74) is 4.70. The van der Waals surface area contributed by atoms with Gasteiger partial charge in [-0.1, -0.05) is 0 Å². The van der Waals surface area contributed by atoms with Gasteiger partial charge in [-0.3, -0.25) is 4.98 Å². The number of aryl methyl sites for hydroxylation is 2. The average Bonchev–Trinajstić information content (AvgIpc) is 3.08. The highest BCUT2D eigenvalue weighted by molar-refractivity contribution is 5.51. The highest BCUT2D eigenvalue weighted by Gasteiger charge is 2.40. The van der Waals surface area contributed by atoms with Gasteiger partial charge in [-0.25, -0.2) is 9.97 Å². The van der Waals surface area contributed by atoms with Gasteiger partial charge in [0, 0.05) is 66.9 Å². The molecule has 2 aromatic heterocycles. The zero-order valence-electron chi connectivity index (χ0n) is 14.0. The fourth-order valence-corrected chi connectivity index (χ4v) is 3.95. The zero-order chi connectivity index (χ0) is 16.0. The van der Waals surface area contributed by atoms with Gasteiger partial charge in [0.25, 0.3) is 0 Å². The first-order chi connectivity index (χ1) is 11.1. The van der Waals surface area contributed by atoms with Crippen molar-refractivity contribution in [1.82, 2.24) is 15.0 Å². The molecule has 0 amide bonds. The quantitative estimate of drug-likeness (QED) is 0.852. The van der Waals surface area contributed by atoms with E-state index in [2.05, 4.69) is 57.7 Å². The van der Waals surface area contributed by atoms with Crippen LogP contribution in [0.25, 0.3) is 0 Å². The van der Waals surface area contributed by atoms with Gasteiger partial charge >= 0.3 is 0 Å². The molecule has 120 valence electrons. The molecule has 5 heteroatoms. The van der Waals surface area contributed by atoms with Crippen LogP contribution in [0.15, 0.2) is 24.7 Å². The van der Waals surface area contributed by atoms with E-state index in [1.807, 2.05) is 6.20 Å². The molecule has 4 rings (SSSR count). The Morgan fingerprint density at radius 3 is 2.30 bits per heavy atom. The van der Waals surface area contributed by atoms with Crippen LogP contribution >= 0.6 is 0 Å². The molecule has 2 saturated heterocycles. The topological polar surface area (TPSA) is 45.2 Å². The standard InChI is InChI=1S/C18H23N5/c1-12-6-17(4-5-19-12)22-7-15-9-23(10-16(15)8-22)18-13(2)14(3)20-11-21-18/h4-6,11,15-16H,7-10H2,1-3H3. The molecule has 23 heavy (non-hydrogen) atoms. The summed E-state index contributed by atoms with van der Waals surface area (Å²) < 4.78 is 0. The maximum absolute atomic E-state index is 4.53. The Bertz CT molecular complexity index is 715. The Balaban J connectivity index is 1.49. The van der Waals surface area contributed by atoms with E-state index < -0.39 is 0 Å². The largest absolute Gasteiger partial charge is 0.371 e. The predicted molar refractivity (Wildman–Crippen MR) is 91.9 cm³/mol. The highest BCUT2D eigenvalue weighted by atomic mass is 15.3. The Kier molecular flexibility index (Phi) is 3.43. The Labute approximate surface area is 137 Å². The van der Waals surface area contributed by atoms with Crippen LogP contribution in [-0.2, 0) is 0 Å². The first-order valence-electron chi connectivity index (χ1n) is 8.32. The summed E-state index contributed by atoms with van der Waals surface area (Å²) in [5, 5.41) is 0. The highest BCUT2D eigenvalue weighted by Crippen LogP contribution is 2.36. The molecule has 0 bridgehead atoms. The van der Waals surface area contributed by atoms with E-state index >= 15 is 0 Å². The van der Waals surface area contributed by atoms with Crippen LogP contribution in [0.3, 0.4) is 0 Å². The number of pyridine rings is 1. The van der Waals surface area contributed by atoms with Crippen molar-refractivity contribution in [2.24, 2.45) is 11.8 Å². The monoisotopic (exact) mass is 309 g/mol. The Hall–Kier alpha value is -2.17. The van der Waals surface area contributed by atoms with E-state index in [9.17, 15) is 0 Å². The van der Waals surface area contributed by atoms with E-state index in [-0.39, 0.29) is 0 Å². The summed E-state index contributed by atoms with van der Waals surface area (Å²) >= 11 is 0. The lowest BCUT2D eigenvalue weighted by Gasteiger charge is -2.25. The second-order valence-electron chi connectivity index (χ2n) is 6.89. The molecule has 2 atom stereocenters. The van der Waals surface area contributed by atoms with Gasteiger partial charge in [-0.2, -0.15) is 0 Å². The molecular formula is C18H23N5. The molecule has 0 aromatic carbocycles. The number of fused-ring (bicyclic) bond motifs is 1. The van der Waals surface area contributed by atoms with E-state index in [1.54, 1.807) is 6.33 Å². The van der Waals surface area contributed by atoms with Gasteiger partial charge in [0.1, 0.15) is 12.1 Å². The molecule has 2 aromatic rings. The number of aromatic nitrogens is 3. The summed E-state index contributed by atoms with van der Waals surface area (Å²) in [4.78, 5) is 18.1. The third-order valence-corrected chi connectivity index (χ3v) is 5.34. The SMILES string of the molecule is Cc1cc(N2CC3CN(c4ncnc(C)c4C)CC3C2)ccn1. The zero-order valence-corrected chi connectivity index (χ0v) is 14.0. The number of hydrogen-bond acceptors (Lipinski definition) is 5. The van der Waals surface area contributed by atoms with Gasteiger partial charge in [0.2, 0.25) is 0 Å². The number of nitrogens with zero attached hydrogens (tertiary/aromatic N) is 5. The molecule has 0 radical (unpaired) electrons. The molecule has 2 unspecified atom stereocenters. The molecular weight excluding hydrogens is 286 g/mol. The van der Waals surface area contributed by atoms with Gasteiger partial charge in [-0.05, 0) is 32.9 Å². The molecule has 0 N–H and O–H groups in total. The lowest BCUT2D eigenvalue weighted by molar-refractivity contribution is 0.533. The van der Waals surface area contributed by atoms with Crippen LogP contribution in [-0.4, -0.2) is 41.1 Å². The van der Waals surface area contributed by atoms with Crippen LogP contribution in [0.2, 0.25) is 0 Å². The van der Waals surface area contributed by atoms with Gasteiger partial charge < -0.3 is 9.80 Å². The molecule has 0 spiro atoms. The van der Waals surface area contributed by atoms with Gasteiger partial charge in [0.15, 0.2) is 0 Å². The van der Waals surface area contributed by atoms with Crippen molar-refractivity contribution in [3.8, 4) is 0 Å². The summed E-state index contributed by atoms with van der Waals surface area (Å²) in [5.74, 6) is 2.56. The van der Waals surface area contributed by atoms with Gasteiger partial charge in [-0.15, -0.1) is 0 Å². The minimum atomic E-state index is 0.721. The van der Waals surface area contributed by atoms with E-state index in [0.29, 0.717) is 0 Å². The molecule has 2 aliphatic rings. The molecule has 0 aliphatic carbocycles. The number of anilines is 2. The van der Waals surface area contributed by atoms with Crippen molar-refractivity contribution in [1.29, 1.82) is 0 Å². The first kappa shape index (κ1) is 14.4. The van der Waals surface area contributed by atoms with E-state index in [1.165, 1.54) is 11.3 Å². The maximum atomic E-state index is 4.53. The van der Waals surface area contributed by atoms with E-state index in [0.717, 1.165) is 55.2 Å². The number of hydrogen-bond donors (Lipinski definition) is 0. The lowest BCUT2D eigenvalue weighted by atomic mass is 10.0. The molecule has 0 saturated carbocycles. The summed E-state index contributed by atoms with van der Waals surface area (Å²) in [7, 11) is 0. The molecule has 2 fully saturated rings. The van der Waals surface area contributed by atoms with E-state index in [4.69, 9.17) is 0 Å². The van der Waals surface area contributed by atoms with Crippen LogP contribution < -0.4 is 9.80 Å². The van der Waals surface area contributed by atoms with Crippen molar-refractivity contribution in [3.63, 3.8) is 0 Å². The number of rotatable bonds is 2. The third-order valence-electron chi connectivity index (χ3n) is 5.34. The van der Waals surface area contributed by atoms with Crippen LogP contribution in [0.1, 0.15) is 17.0 Å². The minimum Gasteiger partial charge on any atom is -0.371 e. The fraction of sp³-hybridized carbons (Fsp3) is 0.500. The summed E-state index contributed by atoms with van der Waals surface area (Å²) in [6.07, 6.45) is 3.61. The lowest BCUT2D eigenvalue weighted by Crippen LogP contribution is -2.29. The first-order valence-corrected chi connectivity index (χ1v) is 8.32. The van der Waals surface area contributed by atoms with Crippen molar-refractivity contribution >= 4 is 11.5 Å². The van der Waals surface area contributed by atoms with Crippen molar-refractivity contribution < 1.29 is 0 Å². The summed E-state index contributed by atoms with van der Waals surface area (Å²) in [6.45, 7) is 10.7. The minimum absolute atomic E-state index is 0.721. The van der Waals surface area contributed by atoms with Crippen LogP contribution in [0.4, 0.5) is 11.5 Å². The maximum Gasteiger partial charge on any atom is 0.135 e. The Morgan fingerprint density at radius 2 is 1.61 bits per heavy atom. The average molecular weight is 309 g/mol. The second-order valence-corrected chi connectivity index (χ2v) is 6.89. The van der Waals surface area contributed by atoms with Crippen molar-refractivity contribution in [2.75, 3.05) is 36.0 Å². The smallest absolute Gasteiger partial charge is 0.135 e. The van der Waals surface area contributed by atoms with Crippen molar-refractivity contribution in [2.45, 2.75) is 20.8 Å². The fourth-order valence-electron chi connectivity index (χ4n) is 3.95. The van der Waals surface area contributed by atoms with Crippen LogP contribution in [0.5, 0.6) is 0 Å². The molecule has 5 nitrogen and oxygen atoms in total. The molecule has 4 heterocycles. The second kappa shape index (κ2) is 5.48. The van der Waals surface area contributed by atoms with Gasteiger partial charge in [0.05, 0.1) is 0 Å². The predicted octanol–water partition coefficient (Wildman–Crippen LogP) is 2.37.